The van der Waals surface area contributed by atoms with E-state index < -0.39 is 77.9 Å². The first kappa shape index (κ1) is 32.2. The zero-order chi connectivity index (χ0) is 29.6. The Morgan fingerprint density at radius 2 is 1.87 bits per heavy atom. The van der Waals surface area contributed by atoms with Crippen LogP contribution in [0.3, 0.4) is 0 Å². The van der Waals surface area contributed by atoms with Gasteiger partial charge in [0.25, 0.3) is 0 Å². The van der Waals surface area contributed by atoms with Crippen LogP contribution in [0.5, 0.6) is 0 Å². The minimum Gasteiger partial charge on any atom is -0.464 e. The molecule has 1 aliphatic carbocycles. The number of ether oxygens (including phenoxy) is 2. The van der Waals surface area contributed by atoms with Gasteiger partial charge in [0.1, 0.15) is 23.2 Å². The van der Waals surface area contributed by atoms with Crippen LogP contribution >= 0.6 is 0 Å². The normalized spacial score (nSPS) is 25.3. The van der Waals surface area contributed by atoms with E-state index in [-0.39, 0.29) is 38.8 Å². The van der Waals surface area contributed by atoms with Crippen LogP contribution < -0.4 is 10.6 Å². The number of amides is 3. The molecular formula is C27H41F2N3O7. The molecule has 220 valence electrons. The highest BCUT2D eigenvalue weighted by Crippen LogP contribution is 2.51. The maximum absolute atomic E-state index is 14.5. The Bertz CT molecular complexity index is 952. The lowest BCUT2D eigenvalue weighted by molar-refractivity contribution is -0.150. The standard InChI is InChI=1S/C27H41F2N3O7/c1-7-10-12-26(28,29)14-17-15-27(17,23(36)38-9-3)31-21(34)20-13-18(33)16-32(20)22(35)19(11-8-2)30-24(37)39-25(4,5)6/h7-8,17-20,33H,1-2,9-16H2,3-6H3,(H,30,37)(H,31,34)/t17-,18-,19+,20+,27-/m1/s1. The average molecular weight is 558 g/mol. The molecule has 5 atom stereocenters. The molecule has 1 saturated heterocycles. The molecule has 0 aromatic rings. The molecule has 2 rings (SSSR count). The number of alkyl halides is 2. The number of hydrogen-bond acceptors (Lipinski definition) is 7. The Labute approximate surface area is 228 Å². The van der Waals surface area contributed by atoms with Gasteiger partial charge in [0.05, 0.1) is 12.7 Å². The Balaban J connectivity index is 2.21. The lowest BCUT2D eigenvalue weighted by atomic mass is 10.0. The highest BCUT2D eigenvalue weighted by Gasteiger charge is 2.65. The molecule has 0 aromatic heterocycles. The van der Waals surface area contributed by atoms with Crippen LogP contribution in [0.4, 0.5) is 13.6 Å². The van der Waals surface area contributed by atoms with Gasteiger partial charge in [-0.15, -0.1) is 13.2 Å². The van der Waals surface area contributed by atoms with Crippen LogP contribution in [-0.4, -0.2) is 82.3 Å². The first-order chi connectivity index (χ1) is 18.1. The van der Waals surface area contributed by atoms with Crippen molar-refractivity contribution in [3.63, 3.8) is 0 Å². The van der Waals surface area contributed by atoms with Gasteiger partial charge in [-0.25, -0.2) is 18.4 Å². The molecule has 1 heterocycles. The Morgan fingerprint density at radius 1 is 1.21 bits per heavy atom. The summed E-state index contributed by atoms with van der Waals surface area (Å²) in [5, 5.41) is 15.3. The molecule has 2 aliphatic rings. The van der Waals surface area contributed by atoms with E-state index >= 15 is 0 Å². The summed E-state index contributed by atoms with van der Waals surface area (Å²) in [4.78, 5) is 53.0. The van der Waals surface area contributed by atoms with Gasteiger partial charge in [-0.05, 0) is 47.0 Å². The molecule has 3 amide bonds. The van der Waals surface area contributed by atoms with Crippen molar-refractivity contribution in [3.05, 3.63) is 25.3 Å². The molecule has 39 heavy (non-hydrogen) atoms. The monoisotopic (exact) mass is 557 g/mol. The second-order valence-corrected chi connectivity index (χ2v) is 11.1. The summed E-state index contributed by atoms with van der Waals surface area (Å²) in [5.41, 5.74) is -2.47. The number of β-amino-alcohol motifs (C(OH)–C–C–N with tert-alkyl or cyclic N) is 1. The van der Waals surface area contributed by atoms with Gasteiger partial charge in [0.15, 0.2) is 0 Å². The number of carbonyl (C=O) groups excluding carboxylic acids is 4. The van der Waals surface area contributed by atoms with E-state index in [4.69, 9.17) is 9.47 Å². The lowest BCUT2D eigenvalue weighted by Crippen LogP contribution is -2.56. The number of rotatable bonds is 13. The summed E-state index contributed by atoms with van der Waals surface area (Å²) in [6, 6.07) is -2.33. The SMILES string of the molecule is C=CCCC(F)(F)C[C@@H]1C[C@]1(NC(=O)[C@@H]1C[C@@H](O)CN1C(=O)[C@H](CC=C)NC(=O)OC(C)(C)C)C(=O)OCC. The number of likely N-dealkylation sites (tertiary alicyclic amines) is 1. The number of aliphatic hydroxyl groups is 1. The molecule has 0 radical (unpaired) electrons. The maximum Gasteiger partial charge on any atom is 0.408 e. The zero-order valence-corrected chi connectivity index (χ0v) is 23.1. The molecule has 3 N–H and O–H groups in total. The van der Waals surface area contributed by atoms with Crippen molar-refractivity contribution in [2.45, 2.75) is 101 Å². The Hall–Kier alpha value is -3.02. The van der Waals surface area contributed by atoms with Crippen molar-refractivity contribution in [3.8, 4) is 0 Å². The van der Waals surface area contributed by atoms with Crippen molar-refractivity contribution in [1.29, 1.82) is 0 Å². The summed E-state index contributed by atoms with van der Waals surface area (Å²) in [7, 11) is 0. The van der Waals surface area contributed by atoms with Gasteiger partial charge >= 0.3 is 12.1 Å². The molecule has 12 heteroatoms. The zero-order valence-electron chi connectivity index (χ0n) is 23.1. The highest BCUT2D eigenvalue weighted by atomic mass is 19.3. The number of esters is 1. The van der Waals surface area contributed by atoms with Crippen molar-refractivity contribution >= 4 is 23.9 Å². The third kappa shape index (κ3) is 8.74. The molecular weight excluding hydrogens is 516 g/mol. The van der Waals surface area contributed by atoms with Gasteiger partial charge in [-0.3, -0.25) is 9.59 Å². The fraction of sp³-hybridized carbons (Fsp3) is 0.704. The fourth-order valence-corrected chi connectivity index (χ4v) is 4.71. The number of alkyl carbamates (subject to hydrolysis) is 1. The van der Waals surface area contributed by atoms with E-state index in [1.54, 1.807) is 27.7 Å². The summed E-state index contributed by atoms with van der Waals surface area (Å²) in [5.74, 6) is -6.20. The highest BCUT2D eigenvalue weighted by molar-refractivity contribution is 5.96. The maximum atomic E-state index is 14.5. The summed E-state index contributed by atoms with van der Waals surface area (Å²) >= 11 is 0. The number of aliphatic hydroxyl groups excluding tert-OH is 1. The first-order valence-electron chi connectivity index (χ1n) is 13.2. The quantitative estimate of drug-likeness (QED) is 0.234. The van der Waals surface area contributed by atoms with Gasteiger partial charge in [-0.1, -0.05) is 12.2 Å². The third-order valence-electron chi connectivity index (χ3n) is 6.61. The molecule has 0 spiro atoms. The molecule has 0 bridgehead atoms. The predicted octanol–water partition coefficient (Wildman–Crippen LogP) is 2.85. The third-order valence-corrected chi connectivity index (χ3v) is 6.61. The fourth-order valence-electron chi connectivity index (χ4n) is 4.71. The van der Waals surface area contributed by atoms with Crippen LogP contribution in [0.2, 0.25) is 0 Å². The van der Waals surface area contributed by atoms with Crippen molar-refractivity contribution in [2.24, 2.45) is 5.92 Å². The number of nitrogens with one attached hydrogen (secondary N) is 2. The van der Waals surface area contributed by atoms with Crippen LogP contribution in [0, 0.1) is 5.92 Å². The average Bonchev–Trinajstić information content (AvgIpc) is 3.33. The minimum absolute atomic E-state index is 0.0116. The number of halogens is 2. The second kappa shape index (κ2) is 12.9. The van der Waals surface area contributed by atoms with E-state index in [2.05, 4.69) is 23.8 Å². The van der Waals surface area contributed by atoms with Crippen LogP contribution in [0.15, 0.2) is 25.3 Å². The van der Waals surface area contributed by atoms with Crippen LogP contribution in [0.1, 0.15) is 66.2 Å². The molecule has 10 nitrogen and oxygen atoms in total. The number of nitrogens with zero attached hydrogens (tertiary/aromatic N) is 1. The van der Waals surface area contributed by atoms with E-state index in [9.17, 15) is 33.1 Å². The molecule has 0 aromatic carbocycles. The smallest absolute Gasteiger partial charge is 0.408 e. The van der Waals surface area contributed by atoms with E-state index in [0.717, 1.165) is 4.90 Å². The molecule has 0 unspecified atom stereocenters. The van der Waals surface area contributed by atoms with Crippen LogP contribution in [-0.2, 0) is 23.9 Å². The minimum atomic E-state index is -3.07. The van der Waals surface area contributed by atoms with E-state index in [1.165, 1.54) is 12.2 Å². The molecule has 2 fully saturated rings. The number of hydrogen-bond donors (Lipinski definition) is 3. The summed E-state index contributed by atoms with van der Waals surface area (Å²) in [6.45, 7) is 13.4. The van der Waals surface area contributed by atoms with E-state index in [1.807, 2.05) is 0 Å². The van der Waals surface area contributed by atoms with E-state index in [0.29, 0.717) is 0 Å². The van der Waals surface area contributed by atoms with Crippen molar-refractivity contribution in [2.75, 3.05) is 13.2 Å². The topological polar surface area (TPSA) is 134 Å². The summed E-state index contributed by atoms with van der Waals surface area (Å²) < 4.78 is 39.2. The van der Waals surface area contributed by atoms with Gasteiger partial charge < -0.3 is 30.1 Å². The van der Waals surface area contributed by atoms with Gasteiger partial charge in [0, 0.05) is 31.7 Å². The number of allylic oxidation sites excluding steroid dienone is 1. The van der Waals surface area contributed by atoms with Crippen molar-refractivity contribution < 1.29 is 42.5 Å². The van der Waals surface area contributed by atoms with Crippen molar-refractivity contribution in [1.82, 2.24) is 15.5 Å². The van der Waals surface area contributed by atoms with Crippen LogP contribution in [0.25, 0.3) is 0 Å². The summed E-state index contributed by atoms with van der Waals surface area (Å²) in [6.07, 6.45) is -0.215. The second-order valence-electron chi connectivity index (χ2n) is 11.1. The largest absolute Gasteiger partial charge is 0.464 e. The predicted molar refractivity (Wildman–Crippen MR) is 139 cm³/mol. The molecule has 1 saturated carbocycles. The molecule has 1 aliphatic heterocycles. The number of carbonyl (C=O) groups is 4. The Kier molecular flexibility index (Phi) is 10.6. The van der Waals surface area contributed by atoms with Gasteiger partial charge in [0.2, 0.25) is 17.7 Å². The Morgan fingerprint density at radius 3 is 2.44 bits per heavy atom. The van der Waals surface area contributed by atoms with Gasteiger partial charge in [-0.2, -0.15) is 0 Å². The first-order valence-corrected chi connectivity index (χ1v) is 13.2. The lowest BCUT2D eigenvalue weighted by Gasteiger charge is -2.30.